The highest BCUT2D eigenvalue weighted by Crippen LogP contribution is 2.43. The molecule has 9 heteroatoms. The highest BCUT2D eigenvalue weighted by Gasteiger charge is 2.44. The lowest BCUT2D eigenvalue weighted by Gasteiger charge is -2.25. The summed E-state index contributed by atoms with van der Waals surface area (Å²) in [4.78, 5) is 25.8. The van der Waals surface area contributed by atoms with Crippen LogP contribution in [0.4, 0.5) is 19.0 Å². The standard InChI is InChI=1S/C26H29F3N4OS/c1-17-9-19(10-18(2)34)3-4-20(17)13-32-7-5-25(14-32)6-8-33(15-25)23-22-11-21(12-26(27,28)29)35-24(22)31-16-30-23/h3-4,9,11,16H,5-8,10,12-15H2,1-2H3. The van der Waals surface area contributed by atoms with E-state index >= 15 is 0 Å². The number of rotatable bonds is 6. The monoisotopic (exact) mass is 502 g/mol. The van der Waals surface area contributed by atoms with Crippen molar-refractivity contribution >= 4 is 33.2 Å². The zero-order valence-electron chi connectivity index (χ0n) is 20.0. The van der Waals surface area contributed by atoms with Crippen LogP contribution >= 0.6 is 11.3 Å². The van der Waals surface area contributed by atoms with E-state index in [1.165, 1.54) is 17.5 Å². The van der Waals surface area contributed by atoms with E-state index in [9.17, 15) is 18.0 Å². The Morgan fingerprint density at radius 2 is 1.94 bits per heavy atom. The molecule has 1 spiro atoms. The second kappa shape index (κ2) is 9.17. The maximum atomic E-state index is 12.9. The molecule has 2 saturated heterocycles. The molecule has 2 fully saturated rings. The van der Waals surface area contributed by atoms with Crippen LogP contribution in [0, 0.1) is 12.3 Å². The molecule has 4 heterocycles. The highest BCUT2D eigenvalue weighted by atomic mass is 32.1. The summed E-state index contributed by atoms with van der Waals surface area (Å²) in [6.45, 7) is 8.34. The Hall–Kier alpha value is -2.52. The molecule has 5 nitrogen and oxygen atoms in total. The Kier molecular flexibility index (Phi) is 6.34. The van der Waals surface area contributed by atoms with Gasteiger partial charge in [0.25, 0.3) is 0 Å². The number of benzene rings is 1. The van der Waals surface area contributed by atoms with Crippen LogP contribution in [0.1, 0.15) is 41.3 Å². The predicted molar refractivity (Wildman–Crippen MR) is 132 cm³/mol. The van der Waals surface area contributed by atoms with Gasteiger partial charge in [-0.2, -0.15) is 13.2 Å². The fourth-order valence-corrected chi connectivity index (χ4v) is 6.64. The second-order valence-electron chi connectivity index (χ2n) is 10.2. The molecule has 0 aliphatic carbocycles. The van der Waals surface area contributed by atoms with Crippen LogP contribution < -0.4 is 4.90 Å². The lowest BCUT2D eigenvalue weighted by molar-refractivity contribution is -0.126. The molecule has 0 bridgehead atoms. The smallest absolute Gasteiger partial charge is 0.355 e. The summed E-state index contributed by atoms with van der Waals surface area (Å²) in [7, 11) is 0. The van der Waals surface area contributed by atoms with Crippen molar-refractivity contribution in [2.45, 2.75) is 52.3 Å². The Morgan fingerprint density at radius 1 is 1.14 bits per heavy atom. The number of aromatic nitrogens is 2. The van der Waals surface area contributed by atoms with Gasteiger partial charge in [0.15, 0.2) is 0 Å². The summed E-state index contributed by atoms with van der Waals surface area (Å²) in [5.74, 6) is 0.927. The van der Waals surface area contributed by atoms with Gasteiger partial charge < -0.3 is 4.90 Å². The van der Waals surface area contributed by atoms with Crippen LogP contribution in [0.5, 0.6) is 0 Å². The molecule has 2 aromatic heterocycles. The lowest BCUT2D eigenvalue weighted by atomic mass is 9.86. The van der Waals surface area contributed by atoms with Crippen LogP contribution in [0.25, 0.3) is 10.2 Å². The van der Waals surface area contributed by atoms with Crippen LogP contribution in [0.2, 0.25) is 0 Å². The Bertz CT molecular complexity index is 1260. The molecule has 2 aliphatic rings. The van der Waals surface area contributed by atoms with Crippen molar-refractivity contribution in [3.05, 3.63) is 52.2 Å². The van der Waals surface area contributed by atoms with Crippen LogP contribution in [-0.2, 0) is 24.2 Å². The molecular weight excluding hydrogens is 473 g/mol. The summed E-state index contributed by atoms with van der Waals surface area (Å²) in [5.41, 5.74) is 3.74. The molecule has 0 radical (unpaired) electrons. The zero-order chi connectivity index (χ0) is 24.8. The minimum Gasteiger partial charge on any atom is -0.355 e. The van der Waals surface area contributed by atoms with Gasteiger partial charge in [0.05, 0.1) is 11.8 Å². The lowest BCUT2D eigenvalue weighted by Crippen LogP contribution is -2.31. The number of ketones is 1. The maximum Gasteiger partial charge on any atom is 0.393 e. The normalized spacial score (nSPS) is 21.0. The van der Waals surface area contributed by atoms with Gasteiger partial charge in [-0.05, 0) is 56.0 Å². The molecule has 1 aromatic carbocycles. The summed E-state index contributed by atoms with van der Waals surface area (Å²) < 4.78 is 38.7. The first kappa shape index (κ1) is 24.2. The van der Waals surface area contributed by atoms with E-state index in [1.807, 2.05) is 0 Å². The van der Waals surface area contributed by atoms with E-state index < -0.39 is 12.6 Å². The topological polar surface area (TPSA) is 49.3 Å². The SMILES string of the molecule is CC(=O)Cc1ccc(CN2CCC3(CCN(c4ncnc5sc(CC(F)(F)F)cc45)C3)C2)c(C)c1. The Balaban J connectivity index is 1.27. The van der Waals surface area contributed by atoms with Gasteiger partial charge in [0.2, 0.25) is 0 Å². The number of carbonyl (C=O) groups is 1. The molecule has 2 aliphatic heterocycles. The van der Waals surface area contributed by atoms with E-state index in [1.54, 1.807) is 13.0 Å². The average molecular weight is 503 g/mol. The van der Waals surface area contributed by atoms with Crippen molar-refractivity contribution in [1.82, 2.24) is 14.9 Å². The predicted octanol–water partition coefficient (Wildman–Crippen LogP) is 5.34. The highest BCUT2D eigenvalue weighted by molar-refractivity contribution is 7.18. The van der Waals surface area contributed by atoms with E-state index in [0.29, 0.717) is 11.3 Å². The molecule has 0 amide bonds. The number of fused-ring (bicyclic) bond motifs is 1. The van der Waals surface area contributed by atoms with Crippen molar-refractivity contribution in [1.29, 1.82) is 0 Å². The van der Waals surface area contributed by atoms with Gasteiger partial charge in [-0.1, -0.05) is 18.2 Å². The zero-order valence-corrected chi connectivity index (χ0v) is 20.8. The number of anilines is 1. The van der Waals surface area contributed by atoms with Crippen molar-refractivity contribution < 1.29 is 18.0 Å². The fraction of sp³-hybridized carbons (Fsp3) is 0.500. The summed E-state index contributed by atoms with van der Waals surface area (Å²) in [5, 5.41) is 0.727. The third-order valence-corrected chi connectivity index (χ3v) is 8.29. The van der Waals surface area contributed by atoms with Gasteiger partial charge in [0, 0.05) is 42.9 Å². The van der Waals surface area contributed by atoms with Crippen LogP contribution in [0.15, 0.2) is 30.6 Å². The number of carbonyl (C=O) groups excluding carboxylic acids is 1. The summed E-state index contributed by atoms with van der Waals surface area (Å²) in [6.07, 6.45) is -1.07. The van der Waals surface area contributed by atoms with Crippen molar-refractivity contribution in [3.8, 4) is 0 Å². The fourth-order valence-electron chi connectivity index (χ4n) is 5.62. The number of Topliss-reactive ketones (excluding diaryl/α,β-unsaturated/α-hetero) is 1. The van der Waals surface area contributed by atoms with Crippen molar-refractivity contribution in [2.24, 2.45) is 5.41 Å². The van der Waals surface area contributed by atoms with E-state index in [4.69, 9.17) is 0 Å². The molecular formula is C26H29F3N4OS. The van der Waals surface area contributed by atoms with E-state index in [2.05, 4.69) is 44.9 Å². The first-order valence-electron chi connectivity index (χ1n) is 11.9. The van der Waals surface area contributed by atoms with Gasteiger partial charge in [0.1, 0.15) is 22.8 Å². The number of hydrogen-bond acceptors (Lipinski definition) is 6. The molecule has 0 saturated carbocycles. The van der Waals surface area contributed by atoms with Crippen molar-refractivity contribution in [3.63, 3.8) is 0 Å². The molecule has 1 unspecified atom stereocenters. The average Bonchev–Trinajstić information content (AvgIpc) is 3.47. The first-order chi connectivity index (χ1) is 16.6. The number of thiophene rings is 1. The second-order valence-corrected chi connectivity index (χ2v) is 11.3. The third-order valence-electron chi connectivity index (χ3n) is 7.24. The Morgan fingerprint density at radius 3 is 2.69 bits per heavy atom. The molecule has 1 atom stereocenters. The first-order valence-corrected chi connectivity index (χ1v) is 12.8. The number of hydrogen-bond donors (Lipinski definition) is 0. The minimum atomic E-state index is -4.23. The molecule has 5 rings (SSSR count). The van der Waals surface area contributed by atoms with Crippen LogP contribution in [-0.4, -0.2) is 53.0 Å². The number of alkyl halides is 3. The van der Waals surface area contributed by atoms with Gasteiger partial charge in [-0.15, -0.1) is 11.3 Å². The third kappa shape index (κ3) is 5.35. The Labute approximate surface area is 207 Å². The molecule has 0 N–H and O–H groups in total. The van der Waals surface area contributed by atoms with E-state index in [-0.39, 0.29) is 16.1 Å². The number of halogens is 3. The molecule has 186 valence electrons. The van der Waals surface area contributed by atoms with Gasteiger partial charge in [-0.3, -0.25) is 9.69 Å². The largest absolute Gasteiger partial charge is 0.393 e. The quantitative estimate of drug-likeness (QED) is 0.456. The van der Waals surface area contributed by atoms with Crippen LogP contribution in [0.3, 0.4) is 0 Å². The van der Waals surface area contributed by atoms with Gasteiger partial charge >= 0.3 is 6.18 Å². The number of aryl methyl sites for hydroxylation is 1. The molecule has 3 aromatic rings. The van der Waals surface area contributed by atoms with E-state index in [0.717, 1.165) is 73.7 Å². The summed E-state index contributed by atoms with van der Waals surface area (Å²) >= 11 is 1.10. The minimum absolute atomic E-state index is 0.171. The van der Waals surface area contributed by atoms with Crippen molar-refractivity contribution in [2.75, 3.05) is 31.1 Å². The van der Waals surface area contributed by atoms with Gasteiger partial charge in [-0.25, -0.2) is 9.97 Å². The number of likely N-dealkylation sites (tertiary alicyclic amines) is 1. The molecule has 35 heavy (non-hydrogen) atoms. The summed E-state index contributed by atoms with van der Waals surface area (Å²) in [6, 6.07) is 7.94. The maximum absolute atomic E-state index is 12.9. The number of nitrogens with zero attached hydrogens (tertiary/aromatic N) is 4.